The van der Waals surface area contributed by atoms with E-state index in [9.17, 15) is 9.59 Å². The number of halogens is 1. The number of amides is 1. The van der Waals surface area contributed by atoms with E-state index < -0.39 is 5.97 Å². The number of aromatic nitrogens is 1. The van der Waals surface area contributed by atoms with Crippen LogP contribution in [-0.4, -0.2) is 22.0 Å². The maximum absolute atomic E-state index is 12.1. The third-order valence-electron chi connectivity index (χ3n) is 2.93. The Hall–Kier alpha value is -1.96. The van der Waals surface area contributed by atoms with Crippen molar-refractivity contribution in [3.8, 4) is 0 Å². The number of carboxylic acid groups (broad SMARTS) is 1. The highest BCUT2D eigenvalue weighted by molar-refractivity contribution is 14.1. The average Bonchev–Trinajstić information content (AvgIpc) is 2.48. The van der Waals surface area contributed by atoms with E-state index in [1.807, 2.05) is 19.1 Å². The van der Waals surface area contributed by atoms with Crippen LogP contribution in [0.4, 0.5) is 0 Å². The minimum absolute atomic E-state index is 0.0155. The normalized spacial score (nSPS) is 10.2. The van der Waals surface area contributed by atoms with Crippen LogP contribution in [0.5, 0.6) is 0 Å². The molecule has 5 nitrogen and oxygen atoms in total. The van der Waals surface area contributed by atoms with Crippen LogP contribution in [0.25, 0.3) is 0 Å². The zero-order valence-electron chi connectivity index (χ0n) is 11.3. The summed E-state index contributed by atoms with van der Waals surface area (Å²) < 4.78 is 0.923. The Morgan fingerprint density at radius 2 is 2.05 bits per heavy atom. The first-order chi connectivity index (χ1) is 9.99. The van der Waals surface area contributed by atoms with Gasteiger partial charge in [0.2, 0.25) is 0 Å². The van der Waals surface area contributed by atoms with Crippen molar-refractivity contribution in [2.75, 3.05) is 0 Å². The summed E-state index contributed by atoms with van der Waals surface area (Å²) in [7, 11) is 0. The lowest BCUT2D eigenvalue weighted by Gasteiger charge is -2.08. The van der Waals surface area contributed by atoms with Gasteiger partial charge in [-0.2, -0.15) is 0 Å². The minimum Gasteiger partial charge on any atom is -0.477 e. The van der Waals surface area contributed by atoms with Crippen molar-refractivity contribution in [3.05, 3.63) is 62.5 Å². The van der Waals surface area contributed by atoms with Gasteiger partial charge in [-0.3, -0.25) is 4.79 Å². The molecule has 0 fully saturated rings. The minimum atomic E-state index is -1.07. The van der Waals surface area contributed by atoms with Gasteiger partial charge >= 0.3 is 5.97 Å². The number of nitrogens with one attached hydrogen (secondary N) is 1. The number of hydrogen-bond donors (Lipinski definition) is 2. The number of carboxylic acids is 1. The van der Waals surface area contributed by atoms with Crippen LogP contribution in [-0.2, 0) is 6.54 Å². The molecule has 0 aliphatic rings. The van der Waals surface area contributed by atoms with Crippen molar-refractivity contribution in [2.24, 2.45) is 0 Å². The predicted octanol–water partition coefficient (Wildman–Crippen LogP) is 2.62. The molecule has 0 saturated heterocycles. The Kier molecular flexibility index (Phi) is 4.89. The highest BCUT2D eigenvalue weighted by atomic mass is 127. The van der Waals surface area contributed by atoms with Crippen LogP contribution in [0, 0.1) is 10.5 Å². The van der Waals surface area contributed by atoms with Crippen molar-refractivity contribution < 1.29 is 14.7 Å². The fourth-order valence-electron chi connectivity index (χ4n) is 1.76. The Morgan fingerprint density at radius 1 is 1.29 bits per heavy atom. The summed E-state index contributed by atoms with van der Waals surface area (Å²) in [5, 5.41) is 11.6. The summed E-state index contributed by atoms with van der Waals surface area (Å²) in [6.07, 6.45) is 1.45. The summed E-state index contributed by atoms with van der Waals surface area (Å²) in [6.45, 7) is 2.25. The standard InChI is InChI=1S/C15H13IN2O3/c1-9-3-2-4-11(13(9)16)14(19)18-8-10-5-6-12(15(20)21)17-7-10/h2-7H,8H2,1H3,(H,18,19)(H,20,21). The third-order valence-corrected chi connectivity index (χ3v) is 4.37. The molecule has 0 saturated carbocycles. The van der Waals surface area contributed by atoms with Gasteiger partial charge in [-0.05, 0) is 52.8 Å². The fraction of sp³-hybridized carbons (Fsp3) is 0.133. The highest BCUT2D eigenvalue weighted by Crippen LogP contribution is 2.16. The van der Waals surface area contributed by atoms with Crippen LogP contribution in [0.15, 0.2) is 36.5 Å². The molecule has 0 bridgehead atoms. The van der Waals surface area contributed by atoms with Crippen molar-refractivity contribution in [1.29, 1.82) is 0 Å². The van der Waals surface area contributed by atoms with Crippen LogP contribution in [0.1, 0.15) is 32.0 Å². The van der Waals surface area contributed by atoms with Crippen LogP contribution in [0.3, 0.4) is 0 Å². The quantitative estimate of drug-likeness (QED) is 0.779. The molecule has 0 aliphatic heterocycles. The maximum Gasteiger partial charge on any atom is 0.354 e. The molecule has 1 amide bonds. The molecule has 0 unspecified atom stereocenters. The van der Waals surface area contributed by atoms with Gasteiger partial charge in [0.25, 0.3) is 5.91 Å². The Balaban J connectivity index is 2.04. The van der Waals surface area contributed by atoms with Gasteiger partial charge < -0.3 is 10.4 Å². The van der Waals surface area contributed by atoms with Gasteiger partial charge in [-0.15, -0.1) is 0 Å². The summed E-state index contributed by atoms with van der Waals surface area (Å²) in [5.74, 6) is -1.23. The van der Waals surface area contributed by atoms with E-state index in [2.05, 4.69) is 32.9 Å². The summed E-state index contributed by atoms with van der Waals surface area (Å²) in [6, 6.07) is 8.62. The Bertz CT molecular complexity index is 684. The largest absolute Gasteiger partial charge is 0.477 e. The van der Waals surface area contributed by atoms with E-state index in [0.717, 1.165) is 14.7 Å². The highest BCUT2D eigenvalue weighted by Gasteiger charge is 2.11. The number of carbonyl (C=O) groups excluding carboxylic acids is 1. The first-order valence-corrected chi connectivity index (χ1v) is 7.28. The number of nitrogens with zero attached hydrogens (tertiary/aromatic N) is 1. The zero-order chi connectivity index (χ0) is 15.4. The van der Waals surface area contributed by atoms with Crippen molar-refractivity contribution in [2.45, 2.75) is 13.5 Å². The summed E-state index contributed by atoms with van der Waals surface area (Å²) in [5.41, 5.74) is 2.41. The molecule has 0 aliphatic carbocycles. The SMILES string of the molecule is Cc1cccc(C(=O)NCc2ccc(C(=O)O)nc2)c1I. The predicted molar refractivity (Wildman–Crippen MR) is 86.3 cm³/mol. The second-order valence-electron chi connectivity index (χ2n) is 4.48. The second-order valence-corrected chi connectivity index (χ2v) is 5.55. The van der Waals surface area contributed by atoms with Gasteiger partial charge in [-0.25, -0.2) is 9.78 Å². The molecule has 2 N–H and O–H groups in total. The fourth-order valence-corrected chi connectivity index (χ4v) is 2.36. The van der Waals surface area contributed by atoms with Crippen LogP contribution < -0.4 is 5.32 Å². The van der Waals surface area contributed by atoms with Gasteiger partial charge in [0.05, 0.1) is 5.56 Å². The van der Waals surface area contributed by atoms with E-state index in [1.54, 1.807) is 12.1 Å². The van der Waals surface area contributed by atoms with Crippen molar-refractivity contribution in [3.63, 3.8) is 0 Å². The number of hydrogen-bond acceptors (Lipinski definition) is 3. The number of benzene rings is 1. The lowest BCUT2D eigenvalue weighted by molar-refractivity contribution is 0.0690. The Morgan fingerprint density at radius 3 is 2.67 bits per heavy atom. The van der Waals surface area contributed by atoms with Crippen LogP contribution >= 0.6 is 22.6 Å². The second kappa shape index (κ2) is 6.66. The van der Waals surface area contributed by atoms with Crippen LogP contribution in [0.2, 0.25) is 0 Å². The van der Waals surface area contributed by atoms with E-state index in [0.29, 0.717) is 12.1 Å². The average molecular weight is 396 g/mol. The maximum atomic E-state index is 12.1. The van der Waals surface area contributed by atoms with Gasteiger partial charge in [0.15, 0.2) is 0 Å². The van der Waals surface area contributed by atoms with Gasteiger partial charge in [0.1, 0.15) is 5.69 Å². The molecule has 0 spiro atoms. The van der Waals surface area contributed by atoms with E-state index in [1.165, 1.54) is 12.3 Å². The van der Waals surface area contributed by atoms with Gasteiger partial charge in [0, 0.05) is 16.3 Å². The summed E-state index contributed by atoms with van der Waals surface area (Å²) in [4.78, 5) is 26.6. The van der Waals surface area contributed by atoms with Crippen molar-refractivity contribution >= 4 is 34.5 Å². The van der Waals surface area contributed by atoms with E-state index in [-0.39, 0.29) is 11.6 Å². The topological polar surface area (TPSA) is 79.3 Å². The molecule has 2 aromatic rings. The number of rotatable bonds is 4. The van der Waals surface area contributed by atoms with Crippen molar-refractivity contribution in [1.82, 2.24) is 10.3 Å². The zero-order valence-corrected chi connectivity index (χ0v) is 13.4. The molecule has 108 valence electrons. The molecule has 1 aromatic carbocycles. The third kappa shape index (κ3) is 3.78. The molecule has 0 atom stereocenters. The number of aryl methyl sites for hydroxylation is 1. The summed E-state index contributed by atoms with van der Waals surface area (Å²) >= 11 is 2.15. The number of pyridine rings is 1. The molecular formula is C15H13IN2O3. The molecule has 0 radical (unpaired) electrons. The lowest BCUT2D eigenvalue weighted by atomic mass is 10.1. The first-order valence-electron chi connectivity index (χ1n) is 6.20. The van der Waals surface area contributed by atoms with Gasteiger partial charge in [-0.1, -0.05) is 18.2 Å². The Labute approximate surface area is 135 Å². The first kappa shape index (κ1) is 15.4. The smallest absolute Gasteiger partial charge is 0.354 e. The monoisotopic (exact) mass is 396 g/mol. The van der Waals surface area contributed by atoms with E-state index >= 15 is 0 Å². The molecule has 21 heavy (non-hydrogen) atoms. The molecule has 6 heteroatoms. The molecular weight excluding hydrogens is 383 g/mol. The lowest BCUT2D eigenvalue weighted by Crippen LogP contribution is -2.24. The van der Waals surface area contributed by atoms with E-state index in [4.69, 9.17) is 5.11 Å². The molecule has 1 heterocycles. The molecule has 2 rings (SSSR count). The molecule has 1 aromatic heterocycles. The number of aromatic carboxylic acids is 1. The number of carbonyl (C=O) groups is 2.